The van der Waals surface area contributed by atoms with Crippen LogP contribution in [-0.2, 0) is 0 Å². The Morgan fingerprint density at radius 1 is 0.963 bits per heavy atom. The minimum atomic E-state index is -0.331. The molecule has 2 aromatic heterocycles. The maximum absolute atomic E-state index is 13.0. The number of hydrogen-bond donors (Lipinski definition) is 1. The number of carbonyl (C=O) groups excluding carboxylic acids is 1. The van der Waals surface area contributed by atoms with Crippen molar-refractivity contribution in [2.24, 2.45) is 0 Å². The van der Waals surface area contributed by atoms with Crippen LogP contribution in [0.25, 0.3) is 22.8 Å². The molecule has 0 spiro atoms. The summed E-state index contributed by atoms with van der Waals surface area (Å²) in [4.78, 5) is 20.5. The molecule has 7 heteroatoms. The van der Waals surface area contributed by atoms with Crippen LogP contribution in [0.15, 0.2) is 77.6 Å². The van der Waals surface area contributed by atoms with Gasteiger partial charge in [0.15, 0.2) is 0 Å². The minimum Gasteiger partial charge on any atom is -0.334 e. The van der Waals surface area contributed by atoms with Crippen molar-refractivity contribution in [2.45, 2.75) is 0 Å². The van der Waals surface area contributed by atoms with Gasteiger partial charge in [0.05, 0.1) is 11.9 Å². The molecule has 0 saturated carbocycles. The fourth-order valence-corrected chi connectivity index (χ4v) is 2.46. The molecular weight excluding hydrogens is 347 g/mol. The van der Waals surface area contributed by atoms with E-state index >= 15 is 0 Å². The van der Waals surface area contributed by atoms with Crippen molar-refractivity contribution < 1.29 is 13.7 Å². The smallest absolute Gasteiger partial charge is 0.258 e. The van der Waals surface area contributed by atoms with Gasteiger partial charge >= 0.3 is 0 Å². The summed E-state index contributed by atoms with van der Waals surface area (Å²) in [7, 11) is 0. The Kier molecular flexibility index (Phi) is 4.40. The number of aromatic nitrogens is 3. The number of hydrogen-bond acceptors (Lipinski definition) is 5. The van der Waals surface area contributed by atoms with Crippen LogP contribution in [0.4, 0.5) is 10.1 Å². The van der Waals surface area contributed by atoms with Crippen LogP contribution in [0, 0.1) is 5.82 Å². The second-order valence-corrected chi connectivity index (χ2v) is 5.70. The molecule has 0 saturated heterocycles. The van der Waals surface area contributed by atoms with E-state index in [2.05, 4.69) is 20.4 Å². The molecule has 0 unspecified atom stereocenters. The molecule has 27 heavy (non-hydrogen) atoms. The molecule has 0 fully saturated rings. The zero-order valence-corrected chi connectivity index (χ0v) is 14.0. The van der Waals surface area contributed by atoms with Crippen molar-refractivity contribution in [1.29, 1.82) is 0 Å². The summed E-state index contributed by atoms with van der Waals surface area (Å²) < 4.78 is 18.3. The Morgan fingerprint density at radius 2 is 1.70 bits per heavy atom. The molecule has 0 bridgehead atoms. The number of benzene rings is 2. The minimum absolute atomic E-state index is 0.243. The zero-order valence-electron chi connectivity index (χ0n) is 14.0. The van der Waals surface area contributed by atoms with E-state index in [0.29, 0.717) is 34.1 Å². The van der Waals surface area contributed by atoms with Gasteiger partial charge in [0, 0.05) is 22.9 Å². The first-order valence-corrected chi connectivity index (χ1v) is 8.10. The van der Waals surface area contributed by atoms with Gasteiger partial charge in [0.25, 0.3) is 11.8 Å². The van der Waals surface area contributed by atoms with Gasteiger partial charge in [-0.15, -0.1) is 0 Å². The predicted octanol–water partition coefficient (Wildman–Crippen LogP) is 4.19. The maximum atomic E-state index is 13.0. The van der Waals surface area contributed by atoms with Gasteiger partial charge in [0.2, 0.25) is 5.82 Å². The van der Waals surface area contributed by atoms with Crippen LogP contribution in [0.3, 0.4) is 0 Å². The van der Waals surface area contributed by atoms with Gasteiger partial charge < -0.3 is 9.84 Å². The van der Waals surface area contributed by atoms with Crippen LogP contribution in [0.5, 0.6) is 0 Å². The van der Waals surface area contributed by atoms with Gasteiger partial charge in [-0.2, -0.15) is 4.98 Å². The molecule has 0 aliphatic rings. The molecular formula is C20H13FN4O2. The Morgan fingerprint density at radius 3 is 2.41 bits per heavy atom. The summed E-state index contributed by atoms with van der Waals surface area (Å²) in [6, 6.07) is 16.1. The average molecular weight is 360 g/mol. The van der Waals surface area contributed by atoms with Crippen LogP contribution in [0.1, 0.15) is 10.4 Å². The summed E-state index contributed by atoms with van der Waals surface area (Å²) in [6.45, 7) is 0. The third-order valence-corrected chi connectivity index (χ3v) is 3.84. The SMILES string of the molecule is O=C(Nc1cccnc1)c1ccc(-c2nc(-c3ccc(F)cc3)no2)cc1. The Bertz CT molecular complexity index is 1060. The van der Waals surface area contributed by atoms with Gasteiger partial charge in [0.1, 0.15) is 5.82 Å². The molecule has 0 aliphatic carbocycles. The van der Waals surface area contributed by atoms with Gasteiger partial charge in [-0.3, -0.25) is 9.78 Å². The van der Waals surface area contributed by atoms with E-state index < -0.39 is 0 Å². The number of nitrogens with zero attached hydrogens (tertiary/aromatic N) is 3. The van der Waals surface area contributed by atoms with E-state index in [1.807, 2.05) is 0 Å². The molecule has 1 N–H and O–H groups in total. The number of pyridine rings is 1. The van der Waals surface area contributed by atoms with Crippen LogP contribution in [-0.4, -0.2) is 21.0 Å². The average Bonchev–Trinajstić information content (AvgIpc) is 3.20. The number of amides is 1. The standard InChI is InChI=1S/C20H13FN4O2/c21-16-9-7-13(8-10-16)18-24-20(27-25-18)15-5-3-14(4-6-15)19(26)23-17-2-1-11-22-12-17/h1-12H,(H,23,26). The van der Waals surface area contributed by atoms with Gasteiger partial charge in [-0.05, 0) is 60.7 Å². The highest BCUT2D eigenvalue weighted by atomic mass is 19.1. The van der Waals surface area contributed by atoms with Crippen molar-refractivity contribution in [3.63, 3.8) is 0 Å². The van der Waals surface area contributed by atoms with Crippen molar-refractivity contribution in [2.75, 3.05) is 5.32 Å². The summed E-state index contributed by atoms with van der Waals surface area (Å²) in [5.74, 6) is 0.103. The molecule has 4 rings (SSSR count). The van der Waals surface area contributed by atoms with Crippen LogP contribution in [0.2, 0.25) is 0 Å². The third kappa shape index (κ3) is 3.72. The number of rotatable bonds is 4. The van der Waals surface area contributed by atoms with Crippen LogP contribution >= 0.6 is 0 Å². The largest absolute Gasteiger partial charge is 0.334 e. The van der Waals surface area contributed by atoms with E-state index in [1.54, 1.807) is 60.9 Å². The lowest BCUT2D eigenvalue weighted by Gasteiger charge is -2.04. The molecule has 0 atom stereocenters. The highest BCUT2D eigenvalue weighted by Gasteiger charge is 2.12. The number of halogens is 1. The molecule has 0 aliphatic heterocycles. The zero-order chi connectivity index (χ0) is 18.6. The second-order valence-electron chi connectivity index (χ2n) is 5.70. The Balaban J connectivity index is 1.51. The number of anilines is 1. The second kappa shape index (κ2) is 7.17. The lowest BCUT2D eigenvalue weighted by atomic mass is 10.1. The number of nitrogens with one attached hydrogen (secondary N) is 1. The summed E-state index contributed by atoms with van der Waals surface area (Å²) >= 11 is 0. The Labute approximate surface area is 153 Å². The first-order valence-electron chi connectivity index (χ1n) is 8.10. The lowest BCUT2D eigenvalue weighted by Crippen LogP contribution is -2.11. The highest BCUT2D eigenvalue weighted by Crippen LogP contribution is 2.23. The summed E-state index contributed by atoms with van der Waals surface area (Å²) in [5, 5.41) is 6.68. The third-order valence-electron chi connectivity index (χ3n) is 3.84. The molecule has 1 amide bonds. The van der Waals surface area contributed by atoms with Crippen molar-refractivity contribution in [3.05, 3.63) is 84.4 Å². The first-order chi connectivity index (χ1) is 13.2. The number of carbonyl (C=O) groups is 1. The van der Waals surface area contributed by atoms with Crippen molar-refractivity contribution in [1.82, 2.24) is 15.1 Å². The van der Waals surface area contributed by atoms with E-state index in [4.69, 9.17) is 4.52 Å². The topological polar surface area (TPSA) is 80.9 Å². The van der Waals surface area contributed by atoms with Crippen LogP contribution < -0.4 is 5.32 Å². The molecule has 2 heterocycles. The van der Waals surface area contributed by atoms with E-state index in [1.165, 1.54) is 12.1 Å². The van der Waals surface area contributed by atoms with E-state index in [9.17, 15) is 9.18 Å². The summed E-state index contributed by atoms with van der Waals surface area (Å²) in [5.41, 5.74) is 2.43. The van der Waals surface area contributed by atoms with Crippen molar-refractivity contribution >= 4 is 11.6 Å². The maximum Gasteiger partial charge on any atom is 0.258 e. The molecule has 6 nitrogen and oxygen atoms in total. The van der Waals surface area contributed by atoms with E-state index in [-0.39, 0.29) is 11.7 Å². The first kappa shape index (κ1) is 16.6. The monoisotopic (exact) mass is 360 g/mol. The van der Waals surface area contributed by atoms with Crippen molar-refractivity contribution in [3.8, 4) is 22.8 Å². The Hall–Kier alpha value is -3.87. The lowest BCUT2D eigenvalue weighted by molar-refractivity contribution is 0.102. The fourth-order valence-electron chi connectivity index (χ4n) is 2.46. The van der Waals surface area contributed by atoms with Gasteiger partial charge in [-0.25, -0.2) is 4.39 Å². The fraction of sp³-hybridized carbons (Fsp3) is 0. The quantitative estimate of drug-likeness (QED) is 0.590. The highest BCUT2D eigenvalue weighted by molar-refractivity contribution is 6.04. The molecule has 0 radical (unpaired) electrons. The molecule has 2 aromatic carbocycles. The van der Waals surface area contributed by atoms with Gasteiger partial charge in [-0.1, -0.05) is 5.16 Å². The summed E-state index contributed by atoms with van der Waals surface area (Å²) in [6.07, 6.45) is 3.21. The molecule has 4 aromatic rings. The van der Waals surface area contributed by atoms with E-state index in [0.717, 1.165) is 0 Å². The normalized spacial score (nSPS) is 10.6. The predicted molar refractivity (Wildman–Crippen MR) is 97.3 cm³/mol. The molecule has 132 valence electrons.